The SMILES string of the molecule is CCCOC(=O)C1=C(C)Nc2nc(SCc3ccccc3)nn2C1c1ccc(OC(C)C)cc1. The summed E-state index contributed by atoms with van der Waals surface area (Å²) in [5, 5.41) is 8.67. The van der Waals surface area contributed by atoms with Crippen molar-refractivity contribution in [2.24, 2.45) is 0 Å². The van der Waals surface area contributed by atoms with Gasteiger partial charge >= 0.3 is 5.97 Å². The number of allylic oxidation sites excluding steroid dienone is 1. The van der Waals surface area contributed by atoms with Gasteiger partial charge in [0, 0.05) is 11.4 Å². The lowest BCUT2D eigenvalue weighted by atomic mass is 9.96. The minimum Gasteiger partial charge on any atom is -0.491 e. The van der Waals surface area contributed by atoms with E-state index in [1.807, 2.05) is 70.2 Å². The fourth-order valence-electron chi connectivity index (χ4n) is 3.76. The molecule has 2 aromatic carbocycles. The summed E-state index contributed by atoms with van der Waals surface area (Å²) < 4.78 is 13.1. The number of aromatic nitrogens is 3. The predicted octanol–water partition coefficient (Wildman–Crippen LogP) is 5.60. The van der Waals surface area contributed by atoms with Gasteiger partial charge in [-0.15, -0.1) is 5.10 Å². The Morgan fingerprint density at radius 3 is 2.56 bits per heavy atom. The van der Waals surface area contributed by atoms with Crippen LogP contribution in [0, 0.1) is 0 Å². The Balaban J connectivity index is 1.67. The number of carbonyl (C=O) groups is 1. The number of carbonyl (C=O) groups excluding carboxylic acids is 1. The fourth-order valence-corrected chi connectivity index (χ4v) is 4.55. The highest BCUT2D eigenvalue weighted by Gasteiger charge is 2.35. The molecule has 178 valence electrons. The number of thioether (sulfide) groups is 1. The van der Waals surface area contributed by atoms with E-state index >= 15 is 0 Å². The third kappa shape index (κ3) is 5.44. The number of nitrogens with zero attached hydrogens (tertiary/aromatic N) is 3. The lowest BCUT2D eigenvalue weighted by Gasteiger charge is -2.28. The minimum atomic E-state index is -0.452. The first kappa shape index (κ1) is 23.9. The highest BCUT2D eigenvalue weighted by molar-refractivity contribution is 7.98. The van der Waals surface area contributed by atoms with Crippen molar-refractivity contribution in [3.05, 3.63) is 77.0 Å². The van der Waals surface area contributed by atoms with Gasteiger partial charge < -0.3 is 14.8 Å². The number of esters is 1. The van der Waals surface area contributed by atoms with Crippen molar-refractivity contribution in [3.63, 3.8) is 0 Å². The van der Waals surface area contributed by atoms with E-state index < -0.39 is 6.04 Å². The number of hydrogen-bond donors (Lipinski definition) is 1. The molecule has 1 aromatic heterocycles. The molecule has 1 aliphatic heterocycles. The molecule has 0 saturated carbocycles. The highest BCUT2D eigenvalue weighted by atomic mass is 32.2. The summed E-state index contributed by atoms with van der Waals surface area (Å²) in [5.74, 6) is 1.79. The van der Waals surface area contributed by atoms with Crippen LogP contribution in [0.15, 0.2) is 71.0 Å². The summed E-state index contributed by atoms with van der Waals surface area (Å²) in [5.41, 5.74) is 3.35. The van der Waals surface area contributed by atoms with Crippen LogP contribution in [0.5, 0.6) is 5.75 Å². The normalized spacial score (nSPS) is 15.1. The standard InChI is InChI=1S/C26H30N4O3S/c1-5-15-32-24(31)22-18(4)27-25-28-26(34-16-19-9-7-6-8-10-19)29-30(25)23(22)20-11-13-21(14-12-20)33-17(2)3/h6-14,17,23H,5,15-16H2,1-4H3,(H,27,28,29). The predicted molar refractivity (Wildman–Crippen MR) is 134 cm³/mol. The summed E-state index contributed by atoms with van der Waals surface area (Å²) in [6.07, 6.45) is 0.837. The molecule has 34 heavy (non-hydrogen) atoms. The molecule has 0 amide bonds. The van der Waals surface area contributed by atoms with Crippen molar-refractivity contribution in [2.45, 2.75) is 57.2 Å². The third-order valence-corrected chi connectivity index (χ3v) is 6.18. The number of anilines is 1. The van der Waals surface area contributed by atoms with Crippen LogP contribution in [0.25, 0.3) is 0 Å². The topological polar surface area (TPSA) is 78.3 Å². The molecular formula is C26H30N4O3S. The molecule has 1 atom stereocenters. The molecule has 2 heterocycles. The van der Waals surface area contributed by atoms with Crippen LogP contribution in [0.1, 0.15) is 51.3 Å². The molecule has 0 spiro atoms. The van der Waals surface area contributed by atoms with Gasteiger partial charge in [-0.2, -0.15) is 4.98 Å². The van der Waals surface area contributed by atoms with Crippen molar-refractivity contribution in [3.8, 4) is 5.75 Å². The second-order valence-electron chi connectivity index (χ2n) is 8.37. The zero-order valence-corrected chi connectivity index (χ0v) is 20.8. The summed E-state index contributed by atoms with van der Waals surface area (Å²) in [7, 11) is 0. The van der Waals surface area contributed by atoms with Gasteiger partial charge in [0.1, 0.15) is 11.8 Å². The van der Waals surface area contributed by atoms with E-state index in [1.165, 1.54) is 5.56 Å². The zero-order valence-electron chi connectivity index (χ0n) is 19.9. The Morgan fingerprint density at radius 1 is 1.15 bits per heavy atom. The van der Waals surface area contributed by atoms with E-state index in [-0.39, 0.29) is 12.1 Å². The molecular weight excluding hydrogens is 448 g/mol. The van der Waals surface area contributed by atoms with Crippen molar-refractivity contribution in [1.82, 2.24) is 14.8 Å². The zero-order chi connectivity index (χ0) is 24.1. The fraction of sp³-hybridized carbons (Fsp3) is 0.346. The lowest BCUT2D eigenvalue weighted by Crippen LogP contribution is -2.29. The van der Waals surface area contributed by atoms with Crippen LogP contribution < -0.4 is 10.1 Å². The number of nitrogens with one attached hydrogen (secondary N) is 1. The van der Waals surface area contributed by atoms with Crippen LogP contribution in [0.3, 0.4) is 0 Å². The van der Waals surface area contributed by atoms with Crippen molar-refractivity contribution < 1.29 is 14.3 Å². The van der Waals surface area contributed by atoms with Crippen molar-refractivity contribution >= 4 is 23.7 Å². The van der Waals surface area contributed by atoms with Gasteiger partial charge in [-0.25, -0.2) is 9.48 Å². The maximum Gasteiger partial charge on any atom is 0.338 e. The number of fused-ring (bicyclic) bond motifs is 1. The van der Waals surface area contributed by atoms with Crippen LogP contribution >= 0.6 is 11.8 Å². The molecule has 8 heteroatoms. The molecule has 7 nitrogen and oxygen atoms in total. The van der Waals surface area contributed by atoms with Crippen LogP contribution in [-0.4, -0.2) is 33.4 Å². The molecule has 0 radical (unpaired) electrons. The molecule has 0 saturated heterocycles. The van der Waals surface area contributed by atoms with E-state index in [1.54, 1.807) is 16.4 Å². The molecule has 0 aliphatic carbocycles. The summed E-state index contributed by atoms with van der Waals surface area (Å²) in [4.78, 5) is 17.8. The van der Waals surface area contributed by atoms with Gasteiger partial charge in [0.2, 0.25) is 11.1 Å². The number of ether oxygens (including phenoxy) is 2. The summed E-state index contributed by atoms with van der Waals surface area (Å²) in [6.45, 7) is 8.20. The lowest BCUT2D eigenvalue weighted by molar-refractivity contribution is -0.139. The van der Waals surface area contributed by atoms with E-state index in [2.05, 4.69) is 17.4 Å². The first-order chi connectivity index (χ1) is 16.5. The Kier molecular flexibility index (Phi) is 7.57. The number of benzene rings is 2. The Labute approximate surface area is 204 Å². The monoisotopic (exact) mass is 478 g/mol. The van der Waals surface area contributed by atoms with Gasteiger partial charge in [0.25, 0.3) is 0 Å². The molecule has 0 bridgehead atoms. The van der Waals surface area contributed by atoms with Crippen LogP contribution in [-0.2, 0) is 15.3 Å². The third-order valence-electron chi connectivity index (χ3n) is 5.27. The maximum absolute atomic E-state index is 13.1. The summed E-state index contributed by atoms with van der Waals surface area (Å²) in [6, 6.07) is 17.5. The number of rotatable bonds is 9. The maximum atomic E-state index is 13.1. The molecule has 0 fully saturated rings. The van der Waals surface area contributed by atoms with Gasteiger partial charge in [-0.1, -0.05) is 61.2 Å². The van der Waals surface area contributed by atoms with Crippen molar-refractivity contribution in [2.75, 3.05) is 11.9 Å². The second kappa shape index (κ2) is 10.8. The number of hydrogen-bond acceptors (Lipinski definition) is 7. The van der Waals surface area contributed by atoms with Gasteiger partial charge in [0.15, 0.2) is 0 Å². The minimum absolute atomic E-state index is 0.0811. The van der Waals surface area contributed by atoms with Gasteiger partial charge in [0.05, 0.1) is 18.3 Å². The molecule has 4 rings (SSSR count). The van der Waals surface area contributed by atoms with Crippen molar-refractivity contribution in [1.29, 1.82) is 0 Å². The molecule has 1 aliphatic rings. The second-order valence-corrected chi connectivity index (χ2v) is 9.32. The average molecular weight is 479 g/mol. The summed E-state index contributed by atoms with van der Waals surface area (Å²) >= 11 is 1.56. The Bertz CT molecular complexity index is 1160. The Hall–Kier alpha value is -3.26. The smallest absolute Gasteiger partial charge is 0.338 e. The first-order valence-electron chi connectivity index (χ1n) is 11.5. The van der Waals surface area contributed by atoms with Crippen LogP contribution in [0.4, 0.5) is 5.95 Å². The molecule has 3 aromatic rings. The van der Waals surface area contributed by atoms with E-state index in [0.29, 0.717) is 29.0 Å². The quantitative estimate of drug-likeness (QED) is 0.317. The Morgan fingerprint density at radius 2 is 1.88 bits per heavy atom. The first-order valence-corrected chi connectivity index (χ1v) is 12.5. The molecule has 1 unspecified atom stereocenters. The van der Waals surface area contributed by atoms with Gasteiger partial charge in [-0.05, 0) is 50.5 Å². The van der Waals surface area contributed by atoms with Gasteiger partial charge in [-0.3, -0.25) is 0 Å². The highest BCUT2D eigenvalue weighted by Crippen LogP contribution is 2.37. The van der Waals surface area contributed by atoms with E-state index in [4.69, 9.17) is 19.6 Å². The van der Waals surface area contributed by atoms with Crippen LogP contribution in [0.2, 0.25) is 0 Å². The van der Waals surface area contributed by atoms with E-state index in [9.17, 15) is 4.79 Å². The molecule has 1 N–H and O–H groups in total. The van der Waals surface area contributed by atoms with E-state index in [0.717, 1.165) is 23.5 Å². The largest absolute Gasteiger partial charge is 0.491 e. The average Bonchev–Trinajstić information content (AvgIpc) is 3.23.